The highest BCUT2D eigenvalue weighted by Crippen LogP contribution is 2.14. The van der Waals surface area contributed by atoms with Gasteiger partial charge in [0.05, 0.1) is 12.4 Å². The van der Waals surface area contributed by atoms with Gasteiger partial charge in [-0.05, 0) is 35.4 Å². The highest BCUT2D eigenvalue weighted by atomic mass is 16.3. The first-order valence-electron chi connectivity index (χ1n) is 15.4. The van der Waals surface area contributed by atoms with Crippen LogP contribution in [-0.4, -0.2) is 80.8 Å². The van der Waals surface area contributed by atoms with Gasteiger partial charge in [-0.25, -0.2) is 10.9 Å². The lowest BCUT2D eigenvalue weighted by molar-refractivity contribution is -0.148. The molecule has 0 aliphatic rings. The maximum Gasteiger partial charge on any atom is 0.262 e. The fourth-order valence-electron chi connectivity index (χ4n) is 4.60. The minimum Gasteiger partial charge on any atom is -0.507 e. The van der Waals surface area contributed by atoms with Gasteiger partial charge in [-0.2, -0.15) is 10.2 Å². The van der Waals surface area contributed by atoms with Crippen LogP contribution in [0.5, 0.6) is 11.5 Å². The summed E-state index contributed by atoms with van der Waals surface area (Å²) in [4.78, 5) is 52.3. The summed E-state index contributed by atoms with van der Waals surface area (Å²) >= 11 is 0. The molecule has 2 unspecified atom stereocenters. The zero-order valence-corrected chi connectivity index (χ0v) is 26.6. The number of aromatic hydroxyl groups is 2. The van der Waals surface area contributed by atoms with Crippen LogP contribution in [0, 0.1) is 0 Å². The molecule has 4 atom stereocenters. The van der Waals surface area contributed by atoms with Crippen LogP contribution in [0.25, 0.3) is 0 Å². The van der Waals surface area contributed by atoms with Gasteiger partial charge in [0.15, 0.2) is 12.2 Å². The number of nitrogens with zero attached hydrogens (tertiary/aromatic N) is 2. The third-order valence-electron chi connectivity index (χ3n) is 7.30. The predicted molar refractivity (Wildman–Crippen MR) is 184 cm³/mol. The van der Waals surface area contributed by atoms with Gasteiger partial charge in [-0.3, -0.25) is 19.2 Å². The molecule has 0 bridgehead atoms. The third kappa shape index (κ3) is 10.8. The van der Waals surface area contributed by atoms with Crippen LogP contribution >= 0.6 is 0 Å². The molecule has 0 saturated carbocycles. The highest BCUT2D eigenvalue weighted by Gasteiger charge is 2.35. The largest absolute Gasteiger partial charge is 0.507 e. The minimum absolute atomic E-state index is 0.0415. The molecule has 0 aliphatic heterocycles. The molecule has 4 aromatic carbocycles. The molecule has 4 amide bonds. The Hall–Kier alpha value is -6.38. The molecule has 50 heavy (non-hydrogen) atoms. The van der Waals surface area contributed by atoms with Crippen molar-refractivity contribution < 1.29 is 39.6 Å². The number of aliphatic hydroxyl groups is 2. The first-order chi connectivity index (χ1) is 24.1. The second-order valence-electron chi connectivity index (χ2n) is 11.0. The summed E-state index contributed by atoms with van der Waals surface area (Å²) in [5.41, 5.74) is 6.49. The van der Waals surface area contributed by atoms with Gasteiger partial charge in [0.2, 0.25) is 0 Å². The molecule has 0 heterocycles. The van der Waals surface area contributed by atoms with E-state index in [2.05, 4.69) is 31.7 Å². The van der Waals surface area contributed by atoms with Gasteiger partial charge in [-0.1, -0.05) is 84.9 Å². The number of hydrogen-bond donors (Lipinski definition) is 8. The lowest BCUT2D eigenvalue weighted by Crippen LogP contribution is -2.57. The maximum absolute atomic E-state index is 13.1. The van der Waals surface area contributed by atoms with Crippen LogP contribution in [0.4, 0.5) is 0 Å². The Bertz CT molecular complexity index is 1690. The summed E-state index contributed by atoms with van der Waals surface area (Å²) in [6.07, 6.45) is -2.36. The summed E-state index contributed by atoms with van der Waals surface area (Å²) in [5, 5.41) is 53.6. The van der Waals surface area contributed by atoms with Gasteiger partial charge in [0.1, 0.15) is 23.6 Å². The number of amides is 4. The van der Waals surface area contributed by atoms with Gasteiger partial charge in [0.25, 0.3) is 23.6 Å². The van der Waals surface area contributed by atoms with Gasteiger partial charge in [0, 0.05) is 24.0 Å². The number of rotatable bonds is 15. The number of benzene rings is 4. The monoisotopic (exact) mass is 680 g/mol. The van der Waals surface area contributed by atoms with Crippen LogP contribution in [0.1, 0.15) is 22.3 Å². The molecule has 4 rings (SSSR count). The molecule has 0 spiro atoms. The Morgan fingerprint density at radius 3 is 1.22 bits per heavy atom. The Labute approximate surface area is 287 Å². The van der Waals surface area contributed by atoms with E-state index in [1.54, 1.807) is 97.1 Å². The standard InChI is InChI=1S/C36H36N6O8/c43-29-17-9-7-15-25(29)21-37-41-33(47)27(19-23-11-3-1-4-12-23)39-35(49)31(45)32(46)36(50)40-28(20-24-13-5-2-6-14-24)34(48)42-38-22-26-16-8-10-18-30(26)44/h1-18,21-22,27-28,31-32,43-46H,19-20H2,(H,39,49)(H,40,50)(H,41,47)(H,42,48)/b37-21+,38-22+/t27?,28?,31-,32-/m0/s1. The number of nitrogens with one attached hydrogen (secondary N) is 4. The minimum atomic E-state index is -2.34. The Balaban J connectivity index is 1.43. The maximum atomic E-state index is 13.1. The van der Waals surface area contributed by atoms with Crippen LogP contribution in [0.2, 0.25) is 0 Å². The average Bonchev–Trinajstić information content (AvgIpc) is 3.12. The predicted octanol–water partition coefficient (Wildman–Crippen LogP) is 0.875. The Morgan fingerprint density at radius 2 is 0.860 bits per heavy atom. The number of carbonyl (C=O) groups is 4. The van der Waals surface area contributed by atoms with E-state index >= 15 is 0 Å². The second-order valence-corrected chi connectivity index (χ2v) is 11.0. The average molecular weight is 681 g/mol. The molecular weight excluding hydrogens is 644 g/mol. The molecule has 14 heteroatoms. The summed E-state index contributed by atoms with van der Waals surface area (Å²) in [6.45, 7) is 0. The van der Waals surface area contributed by atoms with Crippen molar-refractivity contribution in [1.29, 1.82) is 0 Å². The van der Waals surface area contributed by atoms with Crippen molar-refractivity contribution in [2.24, 2.45) is 10.2 Å². The molecule has 14 nitrogen and oxygen atoms in total. The van der Waals surface area contributed by atoms with E-state index in [-0.39, 0.29) is 24.3 Å². The molecule has 0 saturated heterocycles. The Morgan fingerprint density at radius 1 is 0.520 bits per heavy atom. The van der Waals surface area contributed by atoms with Crippen molar-refractivity contribution in [1.82, 2.24) is 21.5 Å². The first kappa shape index (κ1) is 36.5. The number of hydrazone groups is 2. The summed E-state index contributed by atoms with van der Waals surface area (Å²) in [7, 11) is 0. The first-order valence-corrected chi connectivity index (χ1v) is 15.4. The summed E-state index contributed by atoms with van der Waals surface area (Å²) < 4.78 is 0. The fraction of sp³-hybridized carbons (Fsp3) is 0.167. The highest BCUT2D eigenvalue weighted by molar-refractivity contribution is 5.96. The van der Waals surface area contributed by atoms with E-state index in [9.17, 15) is 39.6 Å². The molecular formula is C36H36N6O8. The van der Waals surface area contributed by atoms with E-state index < -0.39 is 47.9 Å². The Kier molecular flexibility index (Phi) is 13.3. The van der Waals surface area contributed by atoms with Crippen LogP contribution in [-0.2, 0) is 32.0 Å². The summed E-state index contributed by atoms with van der Waals surface area (Å²) in [6, 6.07) is 27.2. The normalized spacial score (nSPS) is 13.6. The number of para-hydroxylation sites is 2. The number of phenols is 2. The lowest BCUT2D eigenvalue weighted by Gasteiger charge is -2.23. The second kappa shape index (κ2) is 18.2. The summed E-state index contributed by atoms with van der Waals surface area (Å²) in [5.74, 6) is -4.21. The fourth-order valence-corrected chi connectivity index (χ4v) is 4.60. The molecule has 258 valence electrons. The van der Waals surface area contributed by atoms with Gasteiger partial charge in [-0.15, -0.1) is 0 Å². The number of carbonyl (C=O) groups excluding carboxylic acids is 4. The number of phenolic OH excluding ortho intramolecular Hbond substituents is 2. The topological polar surface area (TPSA) is 222 Å². The van der Waals surface area contributed by atoms with Crippen LogP contribution in [0.15, 0.2) is 119 Å². The molecule has 0 radical (unpaired) electrons. The van der Waals surface area contributed by atoms with Gasteiger partial charge < -0.3 is 31.1 Å². The number of hydrogen-bond acceptors (Lipinski definition) is 10. The van der Waals surface area contributed by atoms with Crippen LogP contribution < -0.4 is 21.5 Å². The van der Waals surface area contributed by atoms with Crippen molar-refractivity contribution in [3.8, 4) is 11.5 Å². The van der Waals surface area contributed by atoms with E-state index in [1.807, 2.05) is 0 Å². The van der Waals surface area contributed by atoms with Crippen molar-refractivity contribution in [3.63, 3.8) is 0 Å². The number of aliphatic hydroxyl groups excluding tert-OH is 2. The van der Waals surface area contributed by atoms with E-state index in [4.69, 9.17) is 0 Å². The zero-order valence-electron chi connectivity index (χ0n) is 26.6. The van der Waals surface area contributed by atoms with Crippen molar-refractivity contribution in [2.75, 3.05) is 0 Å². The zero-order chi connectivity index (χ0) is 35.9. The third-order valence-corrected chi connectivity index (χ3v) is 7.30. The van der Waals surface area contributed by atoms with Crippen molar-refractivity contribution >= 4 is 36.1 Å². The SMILES string of the molecule is O=C(N/N=C/c1ccccc1O)C(Cc1ccccc1)NC(=O)[C@@H](O)[C@H](O)C(=O)NC(Cc1ccccc1)C(=O)N/N=C/c1ccccc1O. The van der Waals surface area contributed by atoms with Crippen molar-refractivity contribution in [2.45, 2.75) is 37.1 Å². The molecule has 4 aromatic rings. The van der Waals surface area contributed by atoms with Crippen LogP contribution in [0.3, 0.4) is 0 Å². The quantitative estimate of drug-likeness (QED) is 0.0663. The van der Waals surface area contributed by atoms with E-state index in [1.165, 1.54) is 24.6 Å². The van der Waals surface area contributed by atoms with E-state index in [0.29, 0.717) is 22.3 Å². The van der Waals surface area contributed by atoms with Crippen molar-refractivity contribution in [3.05, 3.63) is 131 Å². The van der Waals surface area contributed by atoms with E-state index in [0.717, 1.165) is 0 Å². The lowest BCUT2D eigenvalue weighted by atomic mass is 10.0. The van der Waals surface area contributed by atoms with Gasteiger partial charge >= 0.3 is 0 Å². The molecule has 8 N–H and O–H groups in total. The molecule has 0 aromatic heterocycles. The smallest absolute Gasteiger partial charge is 0.262 e. The molecule has 0 fully saturated rings. The molecule has 0 aliphatic carbocycles.